The molecule has 1 heterocycles. The van der Waals surface area contributed by atoms with Crippen molar-refractivity contribution in [3.63, 3.8) is 0 Å². The molecule has 0 radical (unpaired) electrons. The summed E-state index contributed by atoms with van der Waals surface area (Å²) in [5.74, 6) is -0.494. The molecule has 0 bridgehead atoms. The number of carboxylic acids is 1. The van der Waals surface area contributed by atoms with Gasteiger partial charge in [-0.2, -0.15) is 0 Å². The van der Waals surface area contributed by atoms with E-state index in [0.717, 1.165) is 11.6 Å². The first-order valence-electron chi connectivity index (χ1n) is 5.18. The molecule has 0 saturated heterocycles. The molecule has 1 aromatic heterocycles. The van der Waals surface area contributed by atoms with E-state index in [1.54, 1.807) is 12.1 Å². The van der Waals surface area contributed by atoms with E-state index in [1.807, 2.05) is 13.0 Å². The number of aliphatic carboxylic acids is 1. The van der Waals surface area contributed by atoms with E-state index in [-0.39, 0.29) is 5.75 Å². The standard InChI is InChI=1S/C12H11N3O3/c1-8-4-9(6-10(16)5-8)12-13-7-15(14-12)3-2-11(17)18/h2-7,16H,1H3,(H,17,18)/b3-2-. The van der Waals surface area contributed by atoms with E-state index in [1.165, 1.54) is 17.2 Å². The number of aryl methyl sites for hydroxylation is 1. The number of phenolic OH excluding ortho intramolecular Hbond substituents is 1. The molecule has 0 fully saturated rings. The normalized spacial score (nSPS) is 10.9. The van der Waals surface area contributed by atoms with Gasteiger partial charge < -0.3 is 10.2 Å². The second-order valence-electron chi connectivity index (χ2n) is 3.76. The number of nitrogens with zero attached hydrogens (tertiary/aromatic N) is 3. The van der Waals surface area contributed by atoms with Crippen LogP contribution in [0.2, 0.25) is 0 Å². The van der Waals surface area contributed by atoms with Gasteiger partial charge in [0.05, 0.1) is 0 Å². The Kier molecular flexibility index (Phi) is 3.09. The van der Waals surface area contributed by atoms with E-state index in [0.29, 0.717) is 11.4 Å². The minimum absolute atomic E-state index is 0.141. The van der Waals surface area contributed by atoms with E-state index in [4.69, 9.17) is 5.11 Å². The van der Waals surface area contributed by atoms with Gasteiger partial charge in [-0.3, -0.25) is 0 Å². The van der Waals surface area contributed by atoms with Gasteiger partial charge in [0.2, 0.25) is 0 Å². The Labute approximate surface area is 103 Å². The number of carbonyl (C=O) groups is 1. The zero-order valence-corrected chi connectivity index (χ0v) is 9.61. The van der Waals surface area contributed by atoms with Crippen molar-refractivity contribution in [3.8, 4) is 17.1 Å². The molecule has 0 amide bonds. The minimum Gasteiger partial charge on any atom is -0.508 e. The Balaban J connectivity index is 2.32. The third-order valence-electron chi connectivity index (χ3n) is 2.20. The zero-order chi connectivity index (χ0) is 13.1. The van der Waals surface area contributed by atoms with E-state index < -0.39 is 5.97 Å². The Morgan fingerprint density at radius 3 is 2.83 bits per heavy atom. The van der Waals surface area contributed by atoms with Crippen LogP contribution in [0, 0.1) is 6.92 Å². The van der Waals surface area contributed by atoms with Crippen LogP contribution in [0.15, 0.2) is 30.6 Å². The Morgan fingerprint density at radius 1 is 1.39 bits per heavy atom. The fourth-order valence-electron chi connectivity index (χ4n) is 1.51. The van der Waals surface area contributed by atoms with E-state index in [2.05, 4.69) is 10.1 Å². The molecule has 0 atom stereocenters. The summed E-state index contributed by atoms with van der Waals surface area (Å²) in [7, 11) is 0. The minimum atomic E-state index is -1.06. The summed E-state index contributed by atoms with van der Waals surface area (Å²) >= 11 is 0. The topological polar surface area (TPSA) is 88.2 Å². The lowest BCUT2D eigenvalue weighted by Crippen LogP contribution is -1.92. The quantitative estimate of drug-likeness (QED) is 0.800. The van der Waals surface area contributed by atoms with Crippen molar-refractivity contribution in [3.05, 3.63) is 36.2 Å². The van der Waals surface area contributed by atoms with Crippen LogP contribution in [-0.2, 0) is 4.79 Å². The maximum Gasteiger partial charge on any atom is 0.329 e. The fraction of sp³-hybridized carbons (Fsp3) is 0.0833. The average molecular weight is 245 g/mol. The lowest BCUT2D eigenvalue weighted by molar-refractivity contribution is -0.131. The Bertz CT molecular complexity index is 597. The van der Waals surface area contributed by atoms with Gasteiger partial charge in [0.25, 0.3) is 0 Å². The van der Waals surface area contributed by atoms with Gasteiger partial charge in [0, 0.05) is 17.8 Å². The lowest BCUT2D eigenvalue weighted by Gasteiger charge is -1.99. The molecule has 6 heteroatoms. The Morgan fingerprint density at radius 2 is 2.17 bits per heavy atom. The third kappa shape index (κ3) is 2.73. The summed E-state index contributed by atoms with van der Waals surface area (Å²) in [6.45, 7) is 1.85. The Hall–Kier alpha value is -2.63. The van der Waals surface area contributed by atoms with Crippen molar-refractivity contribution >= 4 is 12.2 Å². The molecule has 2 N–H and O–H groups in total. The molecular formula is C12H11N3O3. The van der Waals surface area contributed by atoms with Gasteiger partial charge in [0.15, 0.2) is 5.82 Å². The molecule has 0 spiro atoms. The third-order valence-corrected chi connectivity index (χ3v) is 2.20. The first kappa shape index (κ1) is 11.8. The highest BCUT2D eigenvalue weighted by Crippen LogP contribution is 2.22. The van der Waals surface area contributed by atoms with Crippen LogP contribution < -0.4 is 0 Å². The van der Waals surface area contributed by atoms with Crippen molar-refractivity contribution in [2.75, 3.05) is 0 Å². The highest BCUT2D eigenvalue weighted by molar-refractivity contribution is 5.82. The number of hydrogen-bond acceptors (Lipinski definition) is 4. The first-order chi connectivity index (χ1) is 8.54. The smallest absolute Gasteiger partial charge is 0.329 e. The maximum atomic E-state index is 10.4. The molecule has 92 valence electrons. The highest BCUT2D eigenvalue weighted by Gasteiger charge is 2.05. The van der Waals surface area contributed by atoms with Crippen LogP contribution in [0.3, 0.4) is 0 Å². The predicted octanol–water partition coefficient (Wildman–Crippen LogP) is 1.51. The second-order valence-corrected chi connectivity index (χ2v) is 3.76. The monoisotopic (exact) mass is 245 g/mol. The molecule has 6 nitrogen and oxygen atoms in total. The molecule has 2 aromatic rings. The highest BCUT2D eigenvalue weighted by atomic mass is 16.4. The molecule has 0 aliphatic heterocycles. The molecule has 2 rings (SSSR count). The predicted molar refractivity (Wildman–Crippen MR) is 64.8 cm³/mol. The largest absolute Gasteiger partial charge is 0.508 e. The molecule has 1 aromatic carbocycles. The van der Waals surface area contributed by atoms with Crippen LogP contribution >= 0.6 is 0 Å². The van der Waals surface area contributed by atoms with Crippen LogP contribution in [0.1, 0.15) is 5.56 Å². The number of hydrogen-bond donors (Lipinski definition) is 2. The van der Waals surface area contributed by atoms with Crippen LogP contribution in [0.4, 0.5) is 0 Å². The number of benzene rings is 1. The fourth-order valence-corrected chi connectivity index (χ4v) is 1.51. The van der Waals surface area contributed by atoms with Crippen molar-refractivity contribution in [2.24, 2.45) is 0 Å². The average Bonchev–Trinajstić information content (AvgIpc) is 2.73. The lowest BCUT2D eigenvalue weighted by atomic mass is 10.1. The molecule has 0 unspecified atom stereocenters. The van der Waals surface area contributed by atoms with Crippen molar-refractivity contribution < 1.29 is 15.0 Å². The summed E-state index contributed by atoms with van der Waals surface area (Å²) < 4.78 is 1.29. The van der Waals surface area contributed by atoms with E-state index in [9.17, 15) is 9.90 Å². The number of phenols is 1. The van der Waals surface area contributed by atoms with Gasteiger partial charge in [-0.15, -0.1) is 5.10 Å². The summed E-state index contributed by atoms with van der Waals surface area (Å²) in [6.07, 6.45) is 3.65. The first-order valence-corrected chi connectivity index (χ1v) is 5.18. The van der Waals surface area contributed by atoms with Gasteiger partial charge in [-0.25, -0.2) is 14.5 Å². The van der Waals surface area contributed by atoms with Crippen molar-refractivity contribution in [1.82, 2.24) is 14.8 Å². The van der Waals surface area contributed by atoms with Crippen molar-refractivity contribution in [1.29, 1.82) is 0 Å². The van der Waals surface area contributed by atoms with E-state index >= 15 is 0 Å². The SMILES string of the molecule is Cc1cc(O)cc(-c2ncn(/C=C\C(=O)O)n2)c1. The van der Waals surface area contributed by atoms with Crippen molar-refractivity contribution in [2.45, 2.75) is 6.92 Å². The van der Waals surface area contributed by atoms with Crippen LogP contribution in [-0.4, -0.2) is 30.9 Å². The zero-order valence-electron chi connectivity index (χ0n) is 9.61. The molecule has 0 saturated carbocycles. The number of rotatable bonds is 3. The van der Waals surface area contributed by atoms with Gasteiger partial charge in [-0.05, 0) is 30.7 Å². The van der Waals surface area contributed by atoms with Gasteiger partial charge >= 0.3 is 5.97 Å². The molecule has 18 heavy (non-hydrogen) atoms. The van der Waals surface area contributed by atoms with Gasteiger partial charge in [-0.1, -0.05) is 0 Å². The van der Waals surface area contributed by atoms with Gasteiger partial charge in [0.1, 0.15) is 12.1 Å². The molecule has 0 aliphatic carbocycles. The van der Waals surface area contributed by atoms with Crippen LogP contribution in [0.25, 0.3) is 17.6 Å². The number of carboxylic acid groups (broad SMARTS) is 1. The maximum absolute atomic E-state index is 10.4. The summed E-state index contributed by atoms with van der Waals surface area (Å²) in [5.41, 5.74) is 1.57. The van der Waals surface area contributed by atoms with Crippen LogP contribution in [0.5, 0.6) is 5.75 Å². The second kappa shape index (κ2) is 4.70. The summed E-state index contributed by atoms with van der Waals surface area (Å²) in [6, 6.07) is 5.01. The number of aromatic nitrogens is 3. The summed E-state index contributed by atoms with van der Waals surface area (Å²) in [4.78, 5) is 14.4. The summed E-state index contributed by atoms with van der Waals surface area (Å²) in [5, 5.41) is 22.1. The number of aromatic hydroxyl groups is 1. The molecular weight excluding hydrogens is 234 g/mol. The molecule has 0 aliphatic rings.